The van der Waals surface area contributed by atoms with Crippen molar-refractivity contribution >= 4 is 22.6 Å². The van der Waals surface area contributed by atoms with Gasteiger partial charge in [0.1, 0.15) is 5.82 Å². The Morgan fingerprint density at radius 2 is 2.15 bits per heavy atom. The molecule has 2 aromatic heterocycles. The summed E-state index contributed by atoms with van der Waals surface area (Å²) in [4.78, 5) is 4.69. The lowest BCUT2D eigenvalue weighted by atomic mass is 10.2. The fourth-order valence-corrected chi connectivity index (χ4v) is 2.49. The van der Waals surface area contributed by atoms with Crippen LogP contribution >= 0.6 is 11.6 Å². The minimum absolute atomic E-state index is 0.558. The Hall–Kier alpha value is -1.94. The zero-order valence-corrected chi connectivity index (χ0v) is 12.0. The average Bonchev–Trinajstić information content (AvgIpc) is 2.77. The Morgan fingerprint density at radius 1 is 1.25 bits per heavy atom. The van der Waals surface area contributed by atoms with Gasteiger partial charge in [0.25, 0.3) is 0 Å². The Kier molecular flexibility index (Phi) is 3.65. The minimum atomic E-state index is 0.558. The molecular formula is C15H15ClN4. The van der Waals surface area contributed by atoms with Crippen LogP contribution in [0.4, 0.5) is 0 Å². The Labute approximate surface area is 122 Å². The molecule has 0 saturated carbocycles. The lowest BCUT2D eigenvalue weighted by molar-refractivity contribution is 0.724. The number of rotatable bonds is 4. The van der Waals surface area contributed by atoms with Gasteiger partial charge in [0, 0.05) is 18.5 Å². The van der Waals surface area contributed by atoms with Gasteiger partial charge in [0.2, 0.25) is 0 Å². The van der Waals surface area contributed by atoms with Crippen molar-refractivity contribution in [3.8, 4) is 0 Å². The highest BCUT2D eigenvalue weighted by Gasteiger charge is 2.11. The number of benzene rings is 1. The summed E-state index contributed by atoms with van der Waals surface area (Å²) in [5.74, 6) is 1.55. The molecule has 0 aliphatic heterocycles. The third-order valence-corrected chi connectivity index (χ3v) is 3.44. The van der Waals surface area contributed by atoms with Crippen molar-refractivity contribution in [1.29, 1.82) is 0 Å². The molecular weight excluding hydrogens is 272 g/mol. The molecule has 3 rings (SSSR count). The molecule has 20 heavy (non-hydrogen) atoms. The van der Waals surface area contributed by atoms with Crippen LogP contribution in [0.25, 0.3) is 11.0 Å². The summed E-state index contributed by atoms with van der Waals surface area (Å²) in [7, 11) is 0. The van der Waals surface area contributed by atoms with E-state index in [-0.39, 0.29) is 0 Å². The molecule has 0 N–H and O–H groups in total. The highest BCUT2D eigenvalue weighted by molar-refractivity contribution is 6.17. The first-order chi connectivity index (χ1) is 9.78. The van der Waals surface area contributed by atoms with Crippen molar-refractivity contribution < 1.29 is 0 Å². The van der Waals surface area contributed by atoms with Gasteiger partial charge < -0.3 is 4.57 Å². The SMILES string of the molecule is Cc1ccc2c(c1)nc(CCCl)n2Cc1cccnn1. The van der Waals surface area contributed by atoms with E-state index >= 15 is 0 Å². The van der Waals surface area contributed by atoms with E-state index < -0.39 is 0 Å². The maximum absolute atomic E-state index is 5.89. The van der Waals surface area contributed by atoms with Crippen LogP contribution in [-0.4, -0.2) is 25.6 Å². The summed E-state index contributed by atoms with van der Waals surface area (Å²) >= 11 is 5.89. The van der Waals surface area contributed by atoms with E-state index in [0.29, 0.717) is 12.4 Å². The van der Waals surface area contributed by atoms with E-state index in [1.165, 1.54) is 5.56 Å². The second-order valence-electron chi connectivity index (χ2n) is 4.76. The van der Waals surface area contributed by atoms with Crippen LogP contribution in [0.5, 0.6) is 0 Å². The minimum Gasteiger partial charge on any atom is -0.322 e. The van der Waals surface area contributed by atoms with Crippen LogP contribution < -0.4 is 0 Å². The summed E-state index contributed by atoms with van der Waals surface area (Å²) in [6.45, 7) is 2.74. The maximum atomic E-state index is 5.89. The molecule has 0 aliphatic carbocycles. The Bertz CT molecular complexity index is 721. The van der Waals surface area contributed by atoms with E-state index in [2.05, 4.69) is 44.9 Å². The summed E-state index contributed by atoms with van der Waals surface area (Å²) in [5.41, 5.74) is 4.25. The van der Waals surface area contributed by atoms with Gasteiger partial charge in [-0.3, -0.25) is 0 Å². The van der Waals surface area contributed by atoms with Crippen molar-refractivity contribution in [2.24, 2.45) is 0 Å². The van der Waals surface area contributed by atoms with E-state index in [1.807, 2.05) is 12.1 Å². The van der Waals surface area contributed by atoms with Crippen LogP contribution in [0.15, 0.2) is 36.5 Å². The smallest absolute Gasteiger partial charge is 0.111 e. The van der Waals surface area contributed by atoms with Gasteiger partial charge in [-0.15, -0.1) is 11.6 Å². The number of aromatic nitrogens is 4. The summed E-state index contributed by atoms with van der Waals surface area (Å²) < 4.78 is 2.17. The molecule has 0 aliphatic rings. The lowest BCUT2D eigenvalue weighted by Gasteiger charge is -2.07. The zero-order valence-electron chi connectivity index (χ0n) is 11.3. The predicted octanol–water partition coefficient (Wildman–Crippen LogP) is 2.96. The second-order valence-corrected chi connectivity index (χ2v) is 5.14. The third-order valence-electron chi connectivity index (χ3n) is 3.25. The zero-order chi connectivity index (χ0) is 13.9. The molecule has 0 spiro atoms. The van der Waals surface area contributed by atoms with Crippen molar-refractivity contribution in [3.63, 3.8) is 0 Å². The monoisotopic (exact) mass is 286 g/mol. The van der Waals surface area contributed by atoms with Crippen LogP contribution in [0, 0.1) is 6.92 Å². The first-order valence-electron chi connectivity index (χ1n) is 6.56. The molecule has 5 heteroatoms. The van der Waals surface area contributed by atoms with Crippen LogP contribution in [0.1, 0.15) is 17.1 Å². The quantitative estimate of drug-likeness (QED) is 0.693. The first-order valence-corrected chi connectivity index (χ1v) is 7.09. The summed E-state index contributed by atoms with van der Waals surface area (Å²) in [5, 5.41) is 8.07. The molecule has 0 unspecified atom stereocenters. The van der Waals surface area contributed by atoms with Crippen molar-refractivity contribution in [2.75, 3.05) is 5.88 Å². The number of fused-ring (bicyclic) bond motifs is 1. The van der Waals surface area contributed by atoms with Crippen LogP contribution in [0.3, 0.4) is 0 Å². The van der Waals surface area contributed by atoms with Gasteiger partial charge in [-0.2, -0.15) is 10.2 Å². The molecule has 3 aromatic rings. The van der Waals surface area contributed by atoms with Crippen molar-refractivity contribution in [3.05, 3.63) is 53.6 Å². The molecule has 1 aromatic carbocycles. The normalized spacial score (nSPS) is 11.1. The van der Waals surface area contributed by atoms with Crippen molar-refractivity contribution in [1.82, 2.24) is 19.7 Å². The number of imidazole rings is 1. The Balaban J connectivity index is 2.09. The lowest BCUT2D eigenvalue weighted by Crippen LogP contribution is -2.07. The molecule has 4 nitrogen and oxygen atoms in total. The average molecular weight is 287 g/mol. The van der Waals surface area contributed by atoms with E-state index in [9.17, 15) is 0 Å². The first kappa shape index (κ1) is 13.1. The maximum Gasteiger partial charge on any atom is 0.111 e. The van der Waals surface area contributed by atoms with Crippen LogP contribution in [0.2, 0.25) is 0 Å². The van der Waals surface area contributed by atoms with Gasteiger partial charge in [0.05, 0.1) is 23.3 Å². The number of hydrogen-bond donors (Lipinski definition) is 0. The molecule has 0 amide bonds. The highest BCUT2D eigenvalue weighted by Crippen LogP contribution is 2.19. The molecule has 0 atom stereocenters. The number of alkyl halides is 1. The predicted molar refractivity (Wildman–Crippen MR) is 80.0 cm³/mol. The largest absolute Gasteiger partial charge is 0.322 e. The van der Waals surface area contributed by atoms with E-state index in [4.69, 9.17) is 11.6 Å². The molecule has 0 bridgehead atoms. The number of nitrogens with zero attached hydrogens (tertiary/aromatic N) is 4. The molecule has 2 heterocycles. The number of aryl methyl sites for hydroxylation is 2. The molecule has 102 valence electrons. The Morgan fingerprint density at radius 3 is 2.90 bits per heavy atom. The molecule has 0 saturated heterocycles. The van der Waals surface area contributed by atoms with Gasteiger partial charge >= 0.3 is 0 Å². The molecule has 0 fully saturated rings. The fourth-order valence-electron chi connectivity index (χ4n) is 2.32. The van der Waals surface area contributed by atoms with Gasteiger partial charge in [-0.1, -0.05) is 6.07 Å². The third kappa shape index (κ3) is 2.51. The molecule has 0 radical (unpaired) electrons. The number of halogens is 1. The summed E-state index contributed by atoms with van der Waals surface area (Å²) in [6.07, 6.45) is 2.42. The number of hydrogen-bond acceptors (Lipinski definition) is 3. The summed E-state index contributed by atoms with van der Waals surface area (Å²) in [6, 6.07) is 10.2. The van der Waals surface area contributed by atoms with Gasteiger partial charge in [-0.05, 0) is 36.8 Å². The van der Waals surface area contributed by atoms with E-state index in [1.54, 1.807) is 6.20 Å². The highest BCUT2D eigenvalue weighted by atomic mass is 35.5. The van der Waals surface area contributed by atoms with Crippen LogP contribution in [-0.2, 0) is 13.0 Å². The van der Waals surface area contributed by atoms with Crippen molar-refractivity contribution in [2.45, 2.75) is 19.9 Å². The van der Waals surface area contributed by atoms with E-state index in [0.717, 1.165) is 29.0 Å². The standard InChI is InChI=1S/C15H15ClN4/c1-11-4-5-14-13(9-11)18-15(6-7-16)20(14)10-12-3-2-8-17-19-12/h2-5,8-9H,6-7,10H2,1H3. The topological polar surface area (TPSA) is 43.6 Å². The van der Waals surface area contributed by atoms with Gasteiger partial charge in [0.15, 0.2) is 0 Å². The second kappa shape index (κ2) is 5.59. The fraction of sp³-hybridized carbons (Fsp3) is 0.267. The van der Waals surface area contributed by atoms with Gasteiger partial charge in [-0.25, -0.2) is 4.98 Å².